The summed E-state index contributed by atoms with van der Waals surface area (Å²) in [7, 11) is 3.92. The zero-order valence-corrected chi connectivity index (χ0v) is 19.8. The molecule has 2 aliphatic rings. The number of rotatable bonds is 8. The Morgan fingerprint density at radius 2 is 1.85 bits per heavy atom. The minimum atomic E-state index is 0.501. The lowest BCUT2D eigenvalue weighted by Gasteiger charge is -2.30. The van der Waals surface area contributed by atoms with Crippen molar-refractivity contribution < 1.29 is 9.47 Å². The lowest BCUT2D eigenvalue weighted by molar-refractivity contribution is 0.254. The highest BCUT2D eigenvalue weighted by atomic mass is 16.5. The Balaban J connectivity index is 1.45. The molecule has 2 fully saturated rings. The fourth-order valence-electron chi connectivity index (χ4n) is 5.20. The van der Waals surface area contributed by atoms with Gasteiger partial charge in [0.25, 0.3) is 0 Å². The molecule has 0 radical (unpaired) electrons. The van der Waals surface area contributed by atoms with Crippen LogP contribution in [0.3, 0.4) is 0 Å². The van der Waals surface area contributed by atoms with Crippen molar-refractivity contribution in [2.24, 2.45) is 0 Å². The van der Waals surface area contributed by atoms with Gasteiger partial charge in [-0.25, -0.2) is 4.98 Å². The third-order valence-corrected chi connectivity index (χ3v) is 7.12. The molecule has 7 nitrogen and oxygen atoms in total. The van der Waals surface area contributed by atoms with E-state index in [0.717, 1.165) is 72.7 Å². The first-order chi connectivity index (χ1) is 16.2. The molecule has 2 saturated heterocycles. The highest BCUT2D eigenvalue weighted by molar-refractivity contribution is 5.88. The van der Waals surface area contributed by atoms with Crippen LogP contribution in [0.15, 0.2) is 30.5 Å². The Labute approximate surface area is 196 Å². The van der Waals surface area contributed by atoms with Gasteiger partial charge in [-0.05, 0) is 95.0 Å². The molecule has 0 atom stereocenters. The van der Waals surface area contributed by atoms with E-state index in [1.165, 1.54) is 31.5 Å². The van der Waals surface area contributed by atoms with Crippen LogP contribution < -0.4 is 9.47 Å². The van der Waals surface area contributed by atoms with E-state index in [-0.39, 0.29) is 0 Å². The Kier molecular flexibility index (Phi) is 6.78. The number of fused-ring (bicyclic) bond motifs is 1. The van der Waals surface area contributed by atoms with Gasteiger partial charge in [-0.1, -0.05) is 0 Å². The number of aromatic amines is 1. The Morgan fingerprint density at radius 1 is 1.03 bits per heavy atom. The second-order valence-electron chi connectivity index (χ2n) is 9.40. The molecule has 0 aliphatic carbocycles. The molecule has 0 unspecified atom stereocenters. The maximum absolute atomic E-state index is 6.21. The van der Waals surface area contributed by atoms with Gasteiger partial charge in [0.15, 0.2) is 11.5 Å². The summed E-state index contributed by atoms with van der Waals surface area (Å²) in [5, 5.41) is 8.47. The first kappa shape index (κ1) is 22.2. The number of likely N-dealkylation sites (tertiary alicyclic amines) is 2. The number of aromatic nitrogens is 3. The first-order valence-corrected chi connectivity index (χ1v) is 12.3. The Bertz CT molecular complexity index is 1050. The number of nitrogens with zero attached hydrogens (tertiary/aromatic N) is 4. The first-order valence-electron chi connectivity index (χ1n) is 12.3. The number of H-pyrrole nitrogens is 1. The van der Waals surface area contributed by atoms with Crippen molar-refractivity contribution in [3.05, 3.63) is 36.0 Å². The van der Waals surface area contributed by atoms with Crippen molar-refractivity contribution in [2.75, 3.05) is 53.5 Å². The molecule has 5 rings (SSSR count). The van der Waals surface area contributed by atoms with Gasteiger partial charge >= 0.3 is 0 Å². The SMILES string of the molecule is COc1cc2c(C3CCN(C)CC3)cc(-c3cc[nH]n3)nc2cc1OCCCN1CCCC1. The number of benzene rings is 1. The standard InChI is InChI=1S/C26H35N5O2/c1-30-13-7-19(8-14-30)20-16-24(22-6-9-27-29-22)28-23-18-26(25(32-2)17-21(20)23)33-15-5-12-31-10-3-4-11-31/h6,9,16-19H,3-5,7-8,10-15H2,1-2H3,(H,27,29). The smallest absolute Gasteiger partial charge is 0.163 e. The van der Waals surface area contributed by atoms with Gasteiger partial charge < -0.3 is 19.3 Å². The average molecular weight is 450 g/mol. The monoisotopic (exact) mass is 449 g/mol. The van der Waals surface area contributed by atoms with Gasteiger partial charge in [-0.3, -0.25) is 5.10 Å². The molecule has 2 aliphatic heterocycles. The van der Waals surface area contributed by atoms with Crippen molar-refractivity contribution in [3.8, 4) is 22.9 Å². The fourth-order valence-corrected chi connectivity index (χ4v) is 5.20. The summed E-state index contributed by atoms with van der Waals surface area (Å²) in [6, 6.07) is 8.38. The van der Waals surface area contributed by atoms with E-state index in [0.29, 0.717) is 12.5 Å². The summed E-state index contributed by atoms with van der Waals surface area (Å²) >= 11 is 0. The largest absolute Gasteiger partial charge is 0.493 e. The summed E-state index contributed by atoms with van der Waals surface area (Å²) in [6.07, 6.45) is 7.80. The highest BCUT2D eigenvalue weighted by Gasteiger charge is 2.23. The number of ether oxygens (including phenoxy) is 2. The molecule has 0 spiro atoms. The zero-order valence-electron chi connectivity index (χ0n) is 19.8. The van der Waals surface area contributed by atoms with E-state index in [9.17, 15) is 0 Å². The minimum Gasteiger partial charge on any atom is -0.493 e. The molecule has 1 aromatic carbocycles. The maximum atomic E-state index is 6.21. The van der Waals surface area contributed by atoms with Crippen molar-refractivity contribution in [3.63, 3.8) is 0 Å². The molecule has 7 heteroatoms. The van der Waals surface area contributed by atoms with E-state index >= 15 is 0 Å². The topological polar surface area (TPSA) is 66.5 Å². The minimum absolute atomic E-state index is 0.501. The number of hydrogen-bond acceptors (Lipinski definition) is 6. The van der Waals surface area contributed by atoms with Crippen LogP contribution in [0.1, 0.15) is 43.6 Å². The van der Waals surface area contributed by atoms with Gasteiger partial charge in [0.1, 0.15) is 5.69 Å². The van der Waals surface area contributed by atoms with Crippen molar-refractivity contribution >= 4 is 10.9 Å². The van der Waals surface area contributed by atoms with Gasteiger partial charge in [-0.15, -0.1) is 0 Å². The molecular formula is C26H35N5O2. The molecule has 0 bridgehead atoms. The van der Waals surface area contributed by atoms with Crippen LogP contribution in [-0.4, -0.2) is 78.5 Å². The van der Waals surface area contributed by atoms with Crippen LogP contribution in [0.25, 0.3) is 22.3 Å². The number of hydrogen-bond donors (Lipinski definition) is 1. The summed E-state index contributed by atoms with van der Waals surface area (Å²) in [5.41, 5.74) is 4.06. The fraction of sp³-hybridized carbons (Fsp3) is 0.538. The van der Waals surface area contributed by atoms with Crippen LogP contribution in [-0.2, 0) is 0 Å². The van der Waals surface area contributed by atoms with Crippen LogP contribution >= 0.6 is 0 Å². The second kappa shape index (κ2) is 10.1. The van der Waals surface area contributed by atoms with Crippen LogP contribution in [0.4, 0.5) is 0 Å². The molecule has 33 heavy (non-hydrogen) atoms. The molecule has 0 amide bonds. The number of pyridine rings is 1. The third-order valence-electron chi connectivity index (χ3n) is 7.12. The predicted molar refractivity (Wildman–Crippen MR) is 131 cm³/mol. The molecular weight excluding hydrogens is 414 g/mol. The van der Waals surface area contributed by atoms with Crippen molar-refractivity contribution in [1.82, 2.24) is 25.0 Å². The zero-order chi connectivity index (χ0) is 22.6. The molecule has 2 aromatic heterocycles. The summed E-state index contributed by atoms with van der Waals surface area (Å²) in [6.45, 7) is 6.44. The Morgan fingerprint density at radius 3 is 2.58 bits per heavy atom. The number of nitrogens with one attached hydrogen (secondary N) is 1. The number of piperidine rings is 1. The lowest BCUT2D eigenvalue weighted by atomic mass is 9.86. The van der Waals surface area contributed by atoms with Gasteiger partial charge in [0.2, 0.25) is 0 Å². The summed E-state index contributed by atoms with van der Waals surface area (Å²) < 4.78 is 12.0. The quantitative estimate of drug-likeness (QED) is 0.517. The van der Waals surface area contributed by atoms with E-state index in [2.05, 4.69) is 45.2 Å². The normalized spacial score (nSPS) is 18.2. The van der Waals surface area contributed by atoms with E-state index in [1.54, 1.807) is 7.11 Å². The van der Waals surface area contributed by atoms with Crippen molar-refractivity contribution in [2.45, 2.75) is 38.0 Å². The summed E-state index contributed by atoms with van der Waals surface area (Å²) in [4.78, 5) is 9.91. The average Bonchev–Trinajstić information content (AvgIpc) is 3.56. The van der Waals surface area contributed by atoms with Crippen LogP contribution in [0.5, 0.6) is 11.5 Å². The van der Waals surface area contributed by atoms with E-state index in [1.807, 2.05) is 12.3 Å². The molecule has 1 N–H and O–H groups in total. The highest BCUT2D eigenvalue weighted by Crippen LogP contribution is 2.39. The molecule has 176 valence electrons. The van der Waals surface area contributed by atoms with Gasteiger partial charge in [-0.2, -0.15) is 5.10 Å². The van der Waals surface area contributed by atoms with Crippen molar-refractivity contribution in [1.29, 1.82) is 0 Å². The van der Waals surface area contributed by atoms with Crippen LogP contribution in [0, 0.1) is 0 Å². The molecule has 3 aromatic rings. The number of methoxy groups -OCH3 is 1. The van der Waals surface area contributed by atoms with Gasteiger partial charge in [0.05, 0.1) is 24.9 Å². The molecule has 4 heterocycles. The van der Waals surface area contributed by atoms with Crippen LogP contribution in [0.2, 0.25) is 0 Å². The van der Waals surface area contributed by atoms with Gasteiger partial charge in [0, 0.05) is 24.2 Å². The second-order valence-corrected chi connectivity index (χ2v) is 9.40. The van der Waals surface area contributed by atoms with E-state index in [4.69, 9.17) is 14.5 Å². The summed E-state index contributed by atoms with van der Waals surface area (Å²) in [5.74, 6) is 2.06. The van der Waals surface area contributed by atoms with E-state index < -0.39 is 0 Å². The maximum Gasteiger partial charge on any atom is 0.163 e. The Hall–Kier alpha value is -2.64. The molecule has 0 saturated carbocycles. The third kappa shape index (κ3) is 4.99. The lowest BCUT2D eigenvalue weighted by Crippen LogP contribution is -2.29. The predicted octanol–water partition coefficient (Wildman–Crippen LogP) is 4.31.